The third-order valence-electron chi connectivity index (χ3n) is 3.39. The molecule has 0 spiro atoms. The fraction of sp³-hybridized carbons (Fsp3) is 0.538. The molecule has 1 aliphatic rings. The molecule has 1 heterocycles. The number of thiophene rings is 1. The predicted octanol–water partition coefficient (Wildman–Crippen LogP) is 1.88. The van der Waals surface area contributed by atoms with Gasteiger partial charge in [0.2, 0.25) is 0 Å². The van der Waals surface area contributed by atoms with Crippen LogP contribution in [0.15, 0.2) is 11.2 Å². The van der Waals surface area contributed by atoms with Gasteiger partial charge in [-0.25, -0.2) is 0 Å². The number of oxime groups is 1. The van der Waals surface area contributed by atoms with E-state index in [9.17, 15) is 4.79 Å². The molecule has 0 bridgehead atoms. The highest BCUT2D eigenvalue weighted by molar-refractivity contribution is 7.14. The lowest BCUT2D eigenvalue weighted by atomic mass is 9.99. The molecule has 6 heteroatoms. The van der Waals surface area contributed by atoms with Crippen molar-refractivity contribution in [3.63, 3.8) is 0 Å². The van der Waals surface area contributed by atoms with E-state index in [1.165, 1.54) is 23.3 Å². The molecule has 0 saturated heterocycles. The molecule has 104 valence electrons. The number of hydrogen-bond donors (Lipinski definition) is 3. The average Bonchev–Trinajstić information content (AvgIpc) is 2.81. The molecule has 4 N–H and O–H groups in total. The van der Waals surface area contributed by atoms with Crippen LogP contribution in [-0.4, -0.2) is 22.5 Å². The third kappa shape index (κ3) is 2.89. The van der Waals surface area contributed by atoms with E-state index >= 15 is 0 Å². The second kappa shape index (κ2) is 5.21. The van der Waals surface area contributed by atoms with Crippen LogP contribution in [0, 0.1) is 0 Å². The van der Waals surface area contributed by atoms with Crippen molar-refractivity contribution in [1.29, 1.82) is 0 Å². The molecule has 1 aromatic rings. The highest BCUT2D eigenvalue weighted by Gasteiger charge is 2.27. The minimum Gasteiger partial charge on any atom is -0.409 e. The molecule has 0 saturated carbocycles. The largest absolute Gasteiger partial charge is 0.409 e. The molecule has 0 unspecified atom stereocenters. The van der Waals surface area contributed by atoms with Crippen LogP contribution >= 0.6 is 11.3 Å². The molecule has 0 aromatic carbocycles. The lowest BCUT2D eigenvalue weighted by Gasteiger charge is -2.24. The quantitative estimate of drug-likeness (QED) is 0.342. The number of rotatable bonds is 3. The van der Waals surface area contributed by atoms with Gasteiger partial charge in [0.1, 0.15) is 0 Å². The second-order valence-electron chi connectivity index (χ2n) is 5.33. The lowest BCUT2D eigenvalue weighted by Crippen LogP contribution is -2.53. The van der Waals surface area contributed by atoms with E-state index in [0.29, 0.717) is 4.88 Å². The first-order valence-corrected chi connectivity index (χ1v) is 7.18. The zero-order chi connectivity index (χ0) is 14.0. The number of amides is 1. The molecular weight excluding hydrogens is 262 g/mol. The minimum atomic E-state index is -0.865. The van der Waals surface area contributed by atoms with E-state index < -0.39 is 5.54 Å². The Morgan fingerprint density at radius 2 is 2.16 bits per heavy atom. The van der Waals surface area contributed by atoms with Crippen LogP contribution in [-0.2, 0) is 12.8 Å². The summed E-state index contributed by atoms with van der Waals surface area (Å²) in [6, 6.07) is 1.97. The summed E-state index contributed by atoms with van der Waals surface area (Å²) in [7, 11) is 0. The number of carbonyl (C=O) groups excluding carboxylic acids is 1. The van der Waals surface area contributed by atoms with Crippen molar-refractivity contribution in [1.82, 2.24) is 5.32 Å². The number of nitrogens with zero attached hydrogens (tertiary/aromatic N) is 1. The molecule has 0 atom stereocenters. The van der Waals surface area contributed by atoms with E-state index in [1.54, 1.807) is 25.2 Å². The predicted molar refractivity (Wildman–Crippen MR) is 75.9 cm³/mol. The number of amidine groups is 1. The van der Waals surface area contributed by atoms with Crippen LogP contribution in [0.1, 0.15) is 46.8 Å². The summed E-state index contributed by atoms with van der Waals surface area (Å²) in [6.07, 6.45) is 4.52. The van der Waals surface area contributed by atoms with Crippen LogP contribution < -0.4 is 11.1 Å². The summed E-state index contributed by atoms with van der Waals surface area (Å²) in [5.41, 5.74) is 5.99. The maximum absolute atomic E-state index is 12.2. The van der Waals surface area contributed by atoms with Crippen LogP contribution in [0.4, 0.5) is 0 Å². The monoisotopic (exact) mass is 281 g/mol. The van der Waals surface area contributed by atoms with Gasteiger partial charge in [-0.15, -0.1) is 11.3 Å². The van der Waals surface area contributed by atoms with Gasteiger partial charge in [-0.2, -0.15) is 0 Å². The molecule has 2 rings (SSSR count). The molecule has 1 aliphatic carbocycles. The Bertz CT molecular complexity index is 496. The van der Waals surface area contributed by atoms with Crippen molar-refractivity contribution in [2.24, 2.45) is 10.9 Å². The van der Waals surface area contributed by atoms with Gasteiger partial charge in [0.05, 0.1) is 10.4 Å². The Hall–Kier alpha value is -1.56. The number of nitrogens with one attached hydrogen (secondary N) is 1. The number of fused-ring (bicyclic) bond motifs is 1. The first-order chi connectivity index (χ1) is 8.94. The van der Waals surface area contributed by atoms with Gasteiger partial charge < -0.3 is 16.3 Å². The van der Waals surface area contributed by atoms with Gasteiger partial charge in [-0.3, -0.25) is 4.79 Å². The summed E-state index contributed by atoms with van der Waals surface area (Å²) in [4.78, 5) is 14.2. The highest BCUT2D eigenvalue weighted by atomic mass is 32.1. The van der Waals surface area contributed by atoms with Gasteiger partial charge in [-0.05, 0) is 51.2 Å². The zero-order valence-corrected chi connectivity index (χ0v) is 12.0. The van der Waals surface area contributed by atoms with Crippen molar-refractivity contribution in [3.8, 4) is 0 Å². The van der Waals surface area contributed by atoms with E-state index in [4.69, 9.17) is 10.9 Å². The van der Waals surface area contributed by atoms with Crippen LogP contribution in [0.25, 0.3) is 0 Å². The number of hydrogen-bond acceptors (Lipinski definition) is 4. The Morgan fingerprint density at radius 3 is 2.79 bits per heavy atom. The standard InChI is InChI=1S/C13H19N3O2S/c1-13(2,12(14)16-18)15-11(17)10-7-8-5-3-4-6-9(8)19-10/h7,18H,3-6H2,1-2H3,(H2,14,16)(H,15,17). The van der Waals surface area contributed by atoms with Gasteiger partial charge in [0.25, 0.3) is 5.91 Å². The summed E-state index contributed by atoms with van der Waals surface area (Å²) in [5.74, 6) is -0.182. The van der Waals surface area contributed by atoms with Crippen LogP contribution in [0.2, 0.25) is 0 Å². The molecule has 0 aliphatic heterocycles. The lowest BCUT2D eigenvalue weighted by molar-refractivity contribution is 0.0935. The van der Waals surface area contributed by atoms with E-state index in [2.05, 4.69) is 10.5 Å². The number of nitrogens with two attached hydrogens (primary N) is 1. The van der Waals surface area contributed by atoms with E-state index in [-0.39, 0.29) is 11.7 Å². The van der Waals surface area contributed by atoms with Gasteiger partial charge in [-0.1, -0.05) is 5.16 Å². The summed E-state index contributed by atoms with van der Waals surface area (Å²) in [6.45, 7) is 3.40. The topological polar surface area (TPSA) is 87.7 Å². The number of carbonyl (C=O) groups is 1. The maximum atomic E-state index is 12.2. The van der Waals surface area contributed by atoms with Gasteiger partial charge in [0, 0.05) is 4.88 Å². The highest BCUT2D eigenvalue weighted by Crippen LogP contribution is 2.29. The summed E-state index contributed by atoms with van der Waals surface area (Å²) < 4.78 is 0. The molecule has 5 nitrogen and oxygen atoms in total. The minimum absolute atomic E-state index is 0.0119. The normalized spacial score (nSPS) is 16.0. The molecule has 1 amide bonds. The third-order valence-corrected chi connectivity index (χ3v) is 4.63. The number of aryl methyl sites for hydroxylation is 2. The van der Waals surface area contributed by atoms with E-state index in [1.807, 2.05) is 6.07 Å². The Labute approximate surface area is 116 Å². The molecule has 1 aromatic heterocycles. The van der Waals surface area contributed by atoms with Crippen molar-refractivity contribution in [3.05, 3.63) is 21.4 Å². The Balaban J connectivity index is 2.14. The van der Waals surface area contributed by atoms with Crippen molar-refractivity contribution < 1.29 is 10.0 Å². The second-order valence-corrected chi connectivity index (χ2v) is 6.47. The first-order valence-electron chi connectivity index (χ1n) is 6.36. The van der Waals surface area contributed by atoms with Gasteiger partial charge in [0.15, 0.2) is 5.84 Å². The van der Waals surface area contributed by atoms with Crippen LogP contribution in [0.5, 0.6) is 0 Å². The SMILES string of the molecule is CC(C)(NC(=O)c1cc2c(s1)CCCC2)/C(N)=N/O. The smallest absolute Gasteiger partial charge is 0.262 e. The molecular formula is C13H19N3O2S. The maximum Gasteiger partial charge on any atom is 0.262 e. The van der Waals surface area contributed by atoms with Crippen molar-refractivity contribution >= 4 is 23.1 Å². The Morgan fingerprint density at radius 1 is 1.47 bits per heavy atom. The fourth-order valence-electron chi connectivity index (χ4n) is 2.14. The first kappa shape index (κ1) is 13.9. The van der Waals surface area contributed by atoms with Gasteiger partial charge >= 0.3 is 0 Å². The van der Waals surface area contributed by atoms with E-state index in [0.717, 1.165) is 12.8 Å². The van der Waals surface area contributed by atoms with Crippen LogP contribution in [0.3, 0.4) is 0 Å². The van der Waals surface area contributed by atoms with Crippen molar-refractivity contribution in [2.45, 2.75) is 45.1 Å². The fourth-order valence-corrected chi connectivity index (χ4v) is 3.29. The van der Waals surface area contributed by atoms with Crippen molar-refractivity contribution in [2.75, 3.05) is 0 Å². The average molecular weight is 281 g/mol. The Kier molecular flexibility index (Phi) is 3.80. The zero-order valence-electron chi connectivity index (χ0n) is 11.2. The molecule has 19 heavy (non-hydrogen) atoms. The molecule has 0 fully saturated rings. The summed E-state index contributed by atoms with van der Waals surface area (Å²) in [5, 5.41) is 14.4. The summed E-state index contributed by atoms with van der Waals surface area (Å²) >= 11 is 1.55. The molecule has 0 radical (unpaired) electrons.